The van der Waals surface area contributed by atoms with Gasteiger partial charge in [-0.25, -0.2) is 4.79 Å². The van der Waals surface area contributed by atoms with Gasteiger partial charge in [-0.05, 0) is 39.2 Å². The highest BCUT2D eigenvalue weighted by atomic mass is 16.6. The minimum atomic E-state index is -1.32. The maximum Gasteiger partial charge on any atom is 0.408 e. The number of aryl methyl sites for hydroxylation is 1. The number of amides is 1. The van der Waals surface area contributed by atoms with E-state index in [1.807, 2.05) is 30.3 Å². The maximum absolute atomic E-state index is 11.8. The number of ether oxygens (including phenoxy) is 1. The summed E-state index contributed by atoms with van der Waals surface area (Å²) in [5, 5.41) is 12.0. The number of carbonyl (C=O) groups is 2. The molecule has 0 bridgehead atoms. The lowest BCUT2D eigenvalue weighted by atomic mass is 9.93. The molecule has 0 aromatic heterocycles. The minimum Gasteiger partial charge on any atom is -0.444 e. The van der Waals surface area contributed by atoms with Crippen LogP contribution in [0.3, 0.4) is 0 Å². The van der Waals surface area contributed by atoms with E-state index in [2.05, 4.69) is 5.32 Å². The van der Waals surface area contributed by atoms with Crippen molar-refractivity contribution in [3.05, 3.63) is 35.9 Å². The van der Waals surface area contributed by atoms with Crippen molar-refractivity contribution in [1.29, 1.82) is 0 Å². The molecule has 0 heterocycles. The Bertz CT molecular complexity index is 467. The van der Waals surface area contributed by atoms with Crippen molar-refractivity contribution in [3.63, 3.8) is 0 Å². The Kier molecular flexibility index (Phi) is 5.90. The van der Waals surface area contributed by atoms with Gasteiger partial charge < -0.3 is 20.0 Å². The van der Waals surface area contributed by atoms with E-state index in [9.17, 15) is 14.7 Å². The summed E-state index contributed by atoms with van der Waals surface area (Å²) in [6, 6.07) is 9.57. The highest BCUT2D eigenvalue weighted by Crippen LogP contribution is 2.14. The number of hydrogen-bond acceptors (Lipinski definition) is 4. The molecule has 0 radical (unpaired) electrons. The normalized spacial score (nSPS) is 14.1. The molecular formula is C16H23NO4. The lowest BCUT2D eigenvalue weighted by Gasteiger charge is -2.29. The summed E-state index contributed by atoms with van der Waals surface area (Å²) >= 11 is 0. The average molecular weight is 293 g/mol. The fourth-order valence-electron chi connectivity index (χ4n) is 1.83. The molecule has 1 amide bonds. The Balaban J connectivity index is 2.69. The van der Waals surface area contributed by atoms with E-state index in [1.54, 1.807) is 20.8 Å². The fraction of sp³-hybridized carbons (Fsp3) is 0.500. The molecule has 0 spiro atoms. The van der Waals surface area contributed by atoms with Crippen LogP contribution in [0.4, 0.5) is 4.79 Å². The average Bonchev–Trinajstić information content (AvgIpc) is 2.43. The van der Waals surface area contributed by atoms with Crippen LogP contribution in [0.5, 0.6) is 0 Å². The molecule has 1 aromatic rings. The third kappa shape index (κ3) is 5.95. The van der Waals surface area contributed by atoms with Gasteiger partial charge in [0.25, 0.3) is 0 Å². The summed E-state index contributed by atoms with van der Waals surface area (Å²) < 4.78 is 5.13. The van der Waals surface area contributed by atoms with Crippen LogP contribution in [0.1, 0.15) is 32.8 Å². The predicted octanol–water partition coefficient (Wildman–Crippen LogP) is 2.07. The molecular weight excluding hydrogens is 270 g/mol. The zero-order chi connectivity index (χ0) is 15.9. The van der Waals surface area contributed by atoms with E-state index in [0.29, 0.717) is 19.1 Å². The number of aliphatic hydroxyl groups excluding tert-OH is 1. The first-order chi connectivity index (χ1) is 9.80. The van der Waals surface area contributed by atoms with Crippen LogP contribution in [0.2, 0.25) is 0 Å². The van der Waals surface area contributed by atoms with Gasteiger partial charge in [0.05, 0.1) is 6.61 Å². The molecule has 116 valence electrons. The number of nitrogens with one attached hydrogen (secondary N) is 1. The number of benzene rings is 1. The lowest BCUT2D eigenvalue weighted by Crippen LogP contribution is -2.54. The summed E-state index contributed by atoms with van der Waals surface area (Å²) in [6.07, 6.45) is 0.725. The summed E-state index contributed by atoms with van der Waals surface area (Å²) in [5.41, 5.74) is -0.950. The Hall–Kier alpha value is -1.88. The number of hydrogen-bond donors (Lipinski definition) is 2. The van der Waals surface area contributed by atoms with Crippen LogP contribution >= 0.6 is 0 Å². The molecule has 1 atom stereocenters. The SMILES string of the molecule is CC(C)(C)OC(=O)N[C@](C=O)(CO)CCc1ccccc1. The third-order valence-electron chi connectivity index (χ3n) is 2.96. The van der Waals surface area contributed by atoms with Crippen molar-refractivity contribution < 1.29 is 19.4 Å². The summed E-state index contributed by atoms with van der Waals surface area (Å²) in [5.74, 6) is 0. The summed E-state index contributed by atoms with van der Waals surface area (Å²) in [4.78, 5) is 23.2. The van der Waals surface area contributed by atoms with Crippen molar-refractivity contribution in [2.45, 2.75) is 44.8 Å². The number of carbonyl (C=O) groups excluding carboxylic acids is 2. The molecule has 0 saturated heterocycles. The van der Waals surface area contributed by atoms with Crippen molar-refractivity contribution in [2.75, 3.05) is 6.61 Å². The zero-order valence-corrected chi connectivity index (χ0v) is 12.8. The van der Waals surface area contributed by atoms with Crippen molar-refractivity contribution in [1.82, 2.24) is 5.32 Å². The molecule has 0 saturated carbocycles. The summed E-state index contributed by atoms with van der Waals surface area (Å²) in [7, 11) is 0. The smallest absolute Gasteiger partial charge is 0.408 e. The number of aldehydes is 1. The van der Waals surface area contributed by atoms with Gasteiger partial charge in [-0.3, -0.25) is 0 Å². The first-order valence-electron chi connectivity index (χ1n) is 6.92. The van der Waals surface area contributed by atoms with E-state index < -0.39 is 23.8 Å². The summed E-state index contributed by atoms with van der Waals surface area (Å²) in [6.45, 7) is 4.73. The highest BCUT2D eigenvalue weighted by molar-refractivity contribution is 5.76. The standard InChI is InChI=1S/C16H23NO4/c1-15(2,3)21-14(20)17-16(11-18,12-19)10-9-13-7-5-4-6-8-13/h4-8,11,19H,9-10,12H2,1-3H3,(H,17,20)/t16-/m1/s1. The van der Waals surface area contributed by atoms with Gasteiger partial charge in [0.1, 0.15) is 17.4 Å². The van der Waals surface area contributed by atoms with Crippen LogP contribution in [-0.2, 0) is 16.0 Å². The largest absolute Gasteiger partial charge is 0.444 e. The van der Waals surface area contributed by atoms with Crippen LogP contribution in [0.15, 0.2) is 30.3 Å². The molecule has 5 heteroatoms. The molecule has 0 unspecified atom stereocenters. The van der Waals surface area contributed by atoms with Crippen LogP contribution in [0, 0.1) is 0 Å². The molecule has 1 aromatic carbocycles. The van der Waals surface area contributed by atoms with E-state index >= 15 is 0 Å². The second kappa shape index (κ2) is 7.22. The van der Waals surface area contributed by atoms with E-state index in [4.69, 9.17) is 4.74 Å². The molecule has 2 N–H and O–H groups in total. The first kappa shape index (κ1) is 17.2. The fourth-order valence-corrected chi connectivity index (χ4v) is 1.83. The van der Waals surface area contributed by atoms with Gasteiger partial charge in [-0.1, -0.05) is 30.3 Å². The molecule has 21 heavy (non-hydrogen) atoms. The monoisotopic (exact) mass is 293 g/mol. The Morgan fingerprint density at radius 2 is 1.90 bits per heavy atom. The molecule has 0 fully saturated rings. The van der Waals surface area contributed by atoms with Gasteiger partial charge in [-0.15, -0.1) is 0 Å². The van der Waals surface area contributed by atoms with Crippen molar-refractivity contribution in [3.8, 4) is 0 Å². The number of aliphatic hydroxyl groups is 1. The maximum atomic E-state index is 11.8. The highest BCUT2D eigenvalue weighted by Gasteiger charge is 2.32. The van der Waals surface area contributed by atoms with E-state index in [-0.39, 0.29) is 0 Å². The van der Waals surface area contributed by atoms with Gasteiger partial charge in [0.2, 0.25) is 0 Å². The quantitative estimate of drug-likeness (QED) is 0.787. The molecule has 0 aliphatic carbocycles. The van der Waals surface area contributed by atoms with Crippen LogP contribution in [-0.4, -0.2) is 35.2 Å². The number of alkyl carbamates (subject to hydrolysis) is 1. The van der Waals surface area contributed by atoms with Crippen molar-refractivity contribution >= 4 is 12.4 Å². The molecule has 0 aliphatic heterocycles. The third-order valence-corrected chi connectivity index (χ3v) is 2.96. The number of rotatable bonds is 6. The lowest BCUT2D eigenvalue weighted by molar-refractivity contribution is -0.115. The zero-order valence-electron chi connectivity index (χ0n) is 12.8. The van der Waals surface area contributed by atoms with Crippen LogP contribution < -0.4 is 5.32 Å². The topological polar surface area (TPSA) is 75.6 Å². The van der Waals surface area contributed by atoms with Gasteiger partial charge in [0.15, 0.2) is 0 Å². The minimum absolute atomic E-state index is 0.302. The van der Waals surface area contributed by atoms with Gasteiger partial charge in [0, 0.05) is 0 Å². The molecule has 1 rings (SSSR count). The second-order valence-corrected chi connectivity index (χ2v) is 6.04. The van der Waals surface area contributed by atoms with E-state index in [1.165, 1.54) is 0 Å². The Morgan fingerprint density at radius 1 is 1.29 bits per heavy atom. The Labute approximate surface area is 125 Å². The van der Waals surface area contributed by atoms with Gasteiger partial charge >= 0.3 is 6.09 Å². The van der Waals surface area contributed by atoms with Crippen molar-refractivity contribution in [2.24, 2.45) is 0 Å². The predicted molar refractivity (Wildman–Crippen MR) is 80.0 cm³/mol. The Morgan fingerprint density at radius 3 is 2.38 bits per heavy atom. The van der Waals surface area contributed by atoms with E-state index in [0.717, 1.165) is 5.56 Å². The molecule has 0 aliphatic rings. The second-order valence-electron chi connectivity index (χ2n) is 6.04. The van der Waals surface area contributed by atoms with Gasteiger partial charge in [-0.2, -0.15) is 0 Å². The van der Waals surface area contributed by atoms with Crippen LogP contribution in [0.25, 0.3) is 0 Å². The molecule has 5 nitrogen and oxygen atoms in total. The first-order valence-corrected chi connectivity index (χ1v) is 6.92.